The number of nitrogens with two attached hydrogens (primary N) is 1. The molecule has 0 radical (unpaired) electrons. The van der Waals surface area contributed by atoms with Gasteiger partial charge in [0.25, 0.3) is 0 Å². The molecule has 0 saturated heterocycles. The fourth-order valence-electron chi connectivity index (χ4n) is 1.22. The number of nitrogens with zero attached hydrogens (tertiary/aromatic N) is 1. The molecule has 1 rings (SSSR count). The van der Waals surface area contributed by atoms with Gasteiger partial charge in [0.1, 0.15) is 6.04 Å². The number of amides is 1. The predicted molar refractivity (Wildman–Crippen MR) is 61.7 cm³/mol. The van der Waals surface area contributed by atoms with Gasteiger partial charge in [0, 0.05) is 12.5 Å². The van der Waals surface area contributed by atoms with Crippen LogP contribution in [0.1, 0.15) is 33.6 Å². The molecule has 0 aliphatic heterocycles. The third-order valence-corrected chi connectivity index (χ3v) is 2.40. The number of hydrogen-bond donors (Lipinski definition) is 2. The van der Waals surface area contributed by atoms with Crippen LogP contribution in [0.5, 0.6) is 0 Å². The fraction of sp³-hybridized carbons (Fsp3) is 0.818. The Labute approximate surface area is 91.3 Å². The van der Waals surface area contributed by atoms with Gasteiger partial charge in [-0.2, -0.15) is 0 Å². The van der Waals surface area contributed by atoms with Crippen LogP contribution in [0, 0.1) is 11.8 Å². The first-order valence-corrected chi connectivity index (χ1v) is 5.61. The van der Waals surface area contributed by atoms with E-state index >= 15 is 0 Å². The van der Waals surface area contributed by atoms with Crippen LogP contribution in [0.15, 0.2) is 4.99 Å². The van der Waals surface area contributed by atoms with Crippen LogP contribution in [0.25, 0.3) is 0 Å². The Morgan fingerprint density at radius 2 is 2.07 bits per heavy atom. The van der Waals surface area contributed by atoms with Crippen molar-refractivity contribution >= 4 is 11.7 Å². The number of nitrogens with one attached hydrogen (secondary N) is 1. The zero-order valence-electron chi connectivity index (χ0n) is 9.79. The Morgan fingerprint density at radius 1 is 1.47 bits per heavy atom. The summed E-state index contributed by atoms with van der Waals surface area (Å²) in [7, 11) is 0. The summed E-state index contributed by atoms with van der Waals surface area (Å²) in [6, 6.07) is -0.357. The Balaban J connectivity index is 2.34. The Hall–Kier alpha value is -1.06. The maximum atomic E-state index is 11.6. The van der Waals surface area contributed by atoms with Crippen LogP contribution >= 0.6 is 0 Å². The van der Waals surface area contributed by atoms with E-state index in [0.717, 1.165) is 12.8 Å². The van der Waals surface area contributed by atoms with Crippen molar-refractivity contribution in [1.29, 1.82) is 0 Å². The van der Waals surface area contributed by atoms with Gasteiger partial charge in [-0.15, -0.1) is 0 Å². The molecule has 0 spiro atoms. The maximum absolute atomic E-state index is 11.6. The lowest BCUT2D eigenvalue weighted by Crippen LogP contribution is -2.35. The molecule has 86 valence electrons. The number of amidine groups is 1. The highest BCUT2D eigenvalue weighted by Crippen LogP contribution is 2.28. The molecule has 0 heterocycles. The molecule has 1 atom stereocenters. The van der Waals surface area contributed by atoms with Gasteiger partial charge in [0.2, 0.25) is 5.91 Å². The summed E-state index contributed by atoms with van der Waals surface area (Å²) in [6.07, 6.45) is 2.24. The molecular weight excluding hydrogens is 190 g/mol. The van der Waals surface area contributed by atoms with Gasteiger partial charge in [-0.05, 0) is 25.7 Å². The lowest BCUT2D eigenvalue weighted by Gasteiger charge is -2.11. The Kier molecular flexibility index (Phi) is 4.12. The zero-order valence-corrected chi connectivity index (χ0v) is 9.79. The highest BCUT2D eigenvalue weighted by molar-refractivity contribution is 5.89. The molecule has 1 unspecified atom stereocenters. The molecule has 15 heavy (non-hydrogen) atoms. The summed E-state index contributed by atoms with van der Waals surface area (Å²) >= 11 is 0. The predicted octanol–water partition coefficient (Wildman–Crippen LogP) is 0.914. The van der Waals surface area contributed by atoms with Crippen LogP contribution < -0.4 is 11.1 Å². The lowest BCUT2D eigenvalue weighted by atomic mass is 10.2. The normalized spacial score (nSPS) is 19.1. The van der Waals surface area contributed by atoms with Crippen LogP contribution in [-0.2, 0) is 4.79 Å². The first-order chi connectivity index (χ1) is 7.00. The van der Waals surface area contributed by atoms with Gasteiger partial charge in [-0.25, -0.2) is 0 Å². The quantitative estimate of drug-likeness (QED) is 0.524. The van der Waals surface area contributed by atoms with Crippen LogP contribution in [0.2, 0.25) is 0 Å². The van der Waals surface area contributed by atoms with E-state index in [-0.39, 0.29) is 11.9 Å². The number of carbonyl (C=O) groups is 1. The van der Waals surface area contributed by atoms with E-state index in [1.165, 1.54) is 0 Å². The van der Waals surface area contributed by atoms with Crippen molar-refractivity contribution in [2.24, 2.45) is 22.6 Å². The van der Waals surface area contributed by atoms with E-state index in [4.69, 9.17) is 5.73 Å². The number of hydrogen-bond acceptors (Lipinski definition) is 2. The van der Waals surface area contributed by atoms with Crippen molar-refractivity contribution in [3.05, 3.63) is 0 Å². The van der Waals surface area contributed by atoms with Gasteiger partial charge < -0.3 is 11.1 Å². The average molecular weight is 211 g/mol. The van der Waals surface area contributed by atoms with Crippen LogP contribution in [0.4, 0.5) is 0 Å². The summed E-state index contributed by atoms with van der Waals surface area (Å²) in [5.74, 6) is 1.51. The molecule has 4 heteroatoms. The second-order valence-corrected chi connectivity index (χ2v) is 4.64. The van der Waals surface area contributed by atoms with E-state index in [0.29, 0.717) is 24.2 Å². The first kappa shape index (κ1) is 12.0. The number of carbonyl (C=O) groups excluding carboxylic acids is 1. The number of aliphatic imine (C=N–C) groups is 1. The van der Waals surface area contributed by atoms with Crippen molar-refractivity contribution < 1.29 is 4.79 Å². The Bertz CT molecular complexity index is 257. The smallest absolute Gasteiger partial charge is 0.244 e. The van der Waals surface area contributed by atoms with Gasteiger partial charge in [-0.1, -0.05) is 13.8 Å². The minimum absolute atomic E-state index is 0.0349. The second-order valence-electron chi connectivity index (χ2n) is 4.64. The van der Waals surface area contributed by atoms with Gasteiger partial charge in [0.05, 0.1) is 5.84 Å². The molecule has 0 bridgehead atoms. The van der Waals surface area contributed by atoms with Crippen molar-refractivity contribution in [3.8, 4) is 0 Å². The number of rotatable bonds is 5. The molecular formula is C11H21N3O. The Morgan fingerprint density at radius 3 is 2.53 bits per heavy atom. The molecule has 4 nitrogen and oxygen atoms in total. The largest absolute Gasteiger partial charge is 0.387 e. The van der Waals surface area contributed by atoms with E-state index in [2.05, 4.69) is 24.2 Å². The van der Waals surface area contributed by atoms with Gasteiger partial charge in [-0.3, -0.25) is 9.79 Å². The fourth-order valence-corrected chi connectivity index (χ4v) is 1.22. The van der Waals surface area contributed by atoms with Crippen LogP contribution in [0.3, 0.4) is 0 Å². The molecule has 1 aliphatic rings. The zero-order chi connectivity index (χ0) is 11.4. The molecule has 1 fully saturated rings. The van der Waals surface area contributed by atoms with E-state index in [1.807, 2.05) is 0 Å². The average Bonchev–Trinajstić information content (AvgIpc) is 2.96. The SMILES string of the molecule is CC(C)CNC(=O)C(C)N=C(N)C1CC1. The van der Waals surface area contributed by atoms with E-state index < -0.39 is 0 Å². The second kappa shape index (κ2) is 5.14. The highest BCUT2D eigenvalue weighted by Gasteiger charge is 2.26. The monoisotopic (exact) mass is 211 g/mol. The van der Waals surface area contributed by atoms with Crippen LogP contribution in [-0.4, -0.2) is 24.3 Å². The topological polar surface area (TPSA) is 67.5 Å². The minimum Gasteiger partial charge on any atom is -0.387 e. The molecule has 0 aromatic heterocycles. The lowest BCUT2D eigenvalue weighted by molar-refractivity contribution is -0.122. The standard InChI is InChI=1S/C11H21N3O/c1-7(2)6-13-11(15)8(3)14-10(12)9-4-5-9/h7-9H,4-6H2,1-3H3,(H2,12,14)(H,13,15). The summed E-state index contributed by atoms with van der Waals surface area (Å²) in [5.41, 5.74) is 5.74. The van der Waals surface area contributed by atoms with Crippen molar-refractivity contribution in [2.45, 2.75) is 39.7 Å². The van der Waals surface area contributed by atoms with E-state index in [9.17, 15) is 4.79 Å². The first-order valence-electron chi connectivity index (χ1n) is 5.61. The molecule has 0 aromatic rings. The van der Waals surface area contributed by atoms with Crippen molar-refractivity contribution in [3.63, 3.8) is 0 Å². The molecule has 1 aliphatic carbocycles. The molecule has 1 saturated carbocycles. The summed E-state index contributed by atoms with van der Waals surface area (Å²) in [6.45, 7) is 6.60. The molecule has 1 amide bonds. The third kappa shape index (κ3) is 4.32. The summed E-state index contributed by atoms with van der Waals surface area (Å²) in [4.78, 5) is 15.8. The third-order valence-electron chi connectivity index (χ3n) is 2.40. The molecule has 3 N–H and O–H groups in total. The van der Waals surface area contributed by atoms with Gasteiger partial charge in [0.15, 0.2) is 0 Å². The summed E-state index contributed by atoms with van der Waals surface area (Å²) < 4.78 is 0. The minimum atomic E-state index is -0.357. The summed E-state index contributed by atoms with van der Waals surface area (Å²) in [5, 5.41) is 2.84. The van der Waals surface area contributed by atoms with Crippen molar-refractivity contribution in [1.82, 2.24) is 5.32 Å². The van der Waals surface area contributed by atoms with E-state index in [1.54, 1.807) is 6.92 Å². The van der Waals surface area contributed by atoms with Gasteiger partial charge >= 0.3 is 0 Å². The maximum Gasteiger partial charge on any atom is 0.244 e. The molecule has 0 aromatic carbocycles. The van der Waals surface area contributed by atoms with Crippen molar-refractivity contribution in [2.75, 3.05) is 6.54 Å². The highest BCUT2D eigenvalue weighted by atomic mass is 16.2.